The van der Waals surface area contributed by atoms with E-state index in [2.05, 4.69) is 88.0 Å². The molecule has 3 nitrogen and oxygen atoms in total. The molecule has 238 valence electrons. The van der Waals surface area contributed by atoms with E-state index >= 15 is 0 Å². The lowest BCUT2D eigenvalue weighted by molar-refractivity contribution is 1.15. The molecule has 11 aromatic rings. The first-order valence-electron chi connectivity index (χ1n) is 21.3. The van der Waals surface area contributed by atoms with E-state index in [1.54, 1.807) is 4.57 Å². The van der Waals surface area contributed by atoms with E-state index < -0.39 is 54.4 Å². The zero-order valence-corrected chi connectivity index (χ0v) is 27.0. The first-order chi connectivity index (χ1) is 29.1. The molecule has 0 bridgehead atoms. The lowest BCUT2D eigenvalue weighted by atomic mass is 10.0. The quantitative estimate of drug-likeness (QED) is 0.179. The predicted molar refractivity (Wildman–Crippen MR) is 215 cm³/mol. The molecule has 0 aliphatic rings. The number of aromatic nitrogens is 3. The molecule has 0 spiro atoms. The molecular weight excluding hydrogens is 619 g/mol. The average molecular weight is 659 g/mol. The van der Waals surface area contributed by atoms with Crippen LogP contribution in [-0.4, -0.2) is 13.7 Å². The van der Waals surface area contributed by atoms with Crippen LogP contribution in [0.3, 0.4) is 0 Å². The molecule has 8 aromatic carbocycles. The molecule has 0 amide bonds. The number of hydrogen-bond donors (Lipinski definition) is 0. The van der Waals surface area contributed by atoms with Crippen molar-refractivity contribution < 1.29 is 12.3 Å². The third-order valence-electron chi connectivity index (χ3n) is 10.1. The summed E-state index contributed by atoms with van der Waals surface area (Å²) >= 11 is 0. The maximum absolute atomic E-state index is 9.36. The molecular formula is C48H31N3. The van der Waals surface area contributed by atoms with Gasteiger partial charge in [0.25, 0.3) is 0 Å². The van der Waals surface area contributed by atoms with Crippen LogP contribution in [0.15, 0.2) is 188 Å². The Kier molecular flexibility index (Phi) is 4.38. The zero-order valence-electron chi connectivity index (χ0n) is 36.0. The van der Waals surface area contributed by atoms with Crippen molar-refractivity contribution in [1.29, 1.82) is 0 Å². The van der Waals surface area contributed by atoms with Gasteiger partial charge in [0.2, 0.25) is 0 Å². The first kappa shape index (κ1) is 20.6. The Morgan fingerprint density at radius 2 is 0.784 bits per heavy atom. The lowest BCUT2D eigenvalue weighted by Gasteiger charge is -2.15. The molecule has 3 heterocycles. The van der Waals surface area contributed by atoms with Crippen LogP contribution < -0.4 is 0 Å². The van der Waals surface area contributed by atoms with Gasteiger partial charge >= 0.3 is 0 Å². The minimum atomic E-state index is -0.596. The highest BCUT2D eigenvalue weighted by molar-refractivity contribution is 6.14. The summed E-state index contributed by atoms with van der Waals surface area (Å²) in [6, 6.07) is 40.3. The van der Waals surface area contributed by atoms with Crippen LogP contribution in [0.4, 0.5) is 0 Å². The first-order valence-corrected chi connectivity index (χ1v) is 16.8. The van der Waals surface area contributed by atoms with Gasteiger partial charge < -0.3 is 13.7 Å². The van der Waals surface area contributed by atoms with Crippen LogP contribution in [-0.2, 0) is 0 Å². The van der Waals surface area contributed by atoms with E-state index in [4.69, 9.17) is 11.0 Å². The van der Waals surface area contributed by atoms with Crippen molar-refractivity contribution in [3.05, 3.63) is 188 Å². The summed E-state index contributed by atoms with van der Waals surface area (Å²) in [5.41, 5.74) is 6.72. The molecule has 11 rings (SSSR count). The number of nitrogens with zero attached hydrogens (tertiary/aromatic N) is 3. The minimum Gasteiger partial charge on any atom is -0.309 e. The van der Waals surface area contributed by atoms with Gasteiger partial charge in [0.15, 0.2) is 0 Å². The summed E-state index contributed by atoms with van der Waals surface area (Å²) < 4.78 is 85.2. The van der Waals surface area contributed by atoms with Crippen LogP contribution in [0.2, 0.25) is 0 Å². The van der Waals surface area contributed by atoms with Crippen molar-refractivity contribution in [2.45, 2.75) is 0 Å². The second-order valence-corrected chi connectivity index (χ2v) is 12.7. The molecule has 0 saturated carbocycles. The molecule has 0 aliphatic heterocycles. The Bertz CT molecular complexity index is 3590. The van der Waals surface area contributed by atoms with E-state index in [0.29, 0.717) is 11.0 Å². The summed E-state index contributed by atoms with van der Waals surface area (Å²) in [6.07, 6.45) is 0. The second kappa shape index (κ2) is 10.8. The molecule has 3 aromatic heterocycles. The van der Waals surface area contributed by atoms with Gasteiger partial charge in [0.1, 0.15) is 0 Å². The number of rotatable bonds is 4. The van der Waals surface area contributed by atoms with Crippen LogP contribution in [0, 0.1) is 0 Å². The Morgan fingerprint density at radius 1 is 0.333 bits per heavy atom. The topological polar surface area (TPSA) is 14.8 Å². The minimum absolute atomic E-state index is 0.0130. The predicted octanol–water partition coefficient (Wildman–Crippen LogP) is 12.6. The highest BCUT2D eigenvalue weighted by Crippen LogP contribution is 2.40. The van der Waals surface area contributed by atoms with Gasteiger partial charge in [-0.05, 0) is 66.2 Å². The van der Waals surface area contributed by atoms with Crippen molar-refractivity contribution >= 4 is 65.4 Å². The van der Waals surface area contributed by atoms with Gasteiger partial charge in [-0.2, -0.15) is 0 Å². The molecule has 0 unspecified atom stereocenters. The number of benzene rings is 8. The molecule has 0 radical (unpaired) electrons. The van der Waals surface area contributed by atoms with E-state index in [9.17, 15) is 1.37 Å². The van der Waals surface area contributed by atoms with Gasteiger partial charge in [0, 0.05) is 49.3 Å². The van der Waals surface area contributed by atoms with E-state index in [1.807, 2.05) is 54.6 Å². The van der Waals surface area contributed by atoms with Gasteiger partial charge in [-0.15, -0.1) is 0 Å². The van der Waals surface area contributed by atoms with Gasteiger partial charge in [-0.3, -0.25) is 0 Å². The van der Waals surface area contributed by atoms with Crippen LogP contribution in [0.1, 0.15) is 12.3 Å². The zero-order chi connectivity index (χ0) is 41.3. The Hall–Kier alpha value is -6.84. The summed E-state index contributed by atoms with van der Waals surface area (Å²) in [5.74, 6) is 0. The number of para-hydroxylation sites is 5. The van der Waals surface area contributed by atoms with Gasteiger partial charge in [-0.1, -0.05) is 127 Å². The molecule has 0 aliphatic carbocycles. The normalized spacial score (nSPS) is 14.4. The smallest absolute Gasteiger partial charge is 0.0645 e. The summed E-state index contributed by atoms with van der Waals surface area (Å²) in [4.78, 5) is 0. The maximum Gasteiger partial charge on any atom is 0.0645 e. The Balaban J connectivity index is 1.21. The lowest BCUT2D eigenvalue weighted by Crippen LogP contribution is -1.99. The summed E-state index contributed by atoms with van der Waals surface area (Å²) in [6.45, 7) is 0. The van der Waals surface area contributed by atoms with Crippen molar-refractivity contribution in [3.63, 3.8) is 0 Å². The highest BCUT2D eigenvalue weighted by atomic mass is 15.0. The number of fused-ring (bicyclic) bond motifs is 9. The van der Waals surface area contributed by atoms with E-state index in [1.165, 1.54) is 10.8 Å². The van der Waals surface area contributed by atoms with Crippen molar-refractivity contribution in [3.8, 4) is 28.2 Å². The van der Waals surface area contributed by atoms with E-state index in [-0.39, 0.29) is 16.8 Å². The van der Waals surface area contributed by atoms with Crippen molar-refractivity contribution in [1.82, 2.24) is 13.7 Å². The average Bonchev–Trinajstić information content (AvgIpc) is 3.91. The third kappa shape index (κ3) is 4.06. The maximum atomic E-state index is 9.36. The second-order valence-electron chi connectivity index (χ2n) is 12.7. The standard InChI is InChI=1S/C48H31N3/c1-2-14-32(15-3-1)35-16-4-9-21-42(35)51-46-25-13-7-19-38(46)40-28-26-34(31-48(40)51)50-45-24-12-8-20-39(45)41-30-33(27-29-47(41)50)49-43-22-10-5-17-36(43)37-18-6-11-23-44(37)49/h1-31H/i1D,2D,3D,4D,9D,14D,15D,16D,21D. The fraction of sp³-hybridized carbons (Fsp3) is 0. The molecule has 0 saturated heterocycles. The third-order valence-corrected chi connectivity index (χ3v) is 10.1. The van der Waals surface area contributed by atoms with E-state index in [0.717, 1.165) is 55.0 Å². The molecule has 3 heteroatoms. The largest absolute Gasteiger partial charge is 0.309 e. The SMILES string of the molecule is [2H]c1c([2H])c([2H])c(-c2c([2H])c([2H])c([2H])c([2H])c2-n2c3ccccc3c3ccc(-n4c5ccccc5c5cc(-n6c7ccccc7c7ccccc76)ccc54)cc32)c([2H])c1[2H]. The van der Waals surface area contributed by atoms with Crippen LogP contribution >= 0.6 is 0 Å². The van der Waals surface area contributed by atoms with Gasteiger partial charge in [0.05, 0.1) is 51.1 Å². The highest BCUT2D eigenvalue weighted by Gasteiger charge is 2.19. The summed E-state index contributed by atoms with van der Waals surface area (Å²) in [5, 5.41) is 6.08. The molecule has 51 heavy (non-hydrogen) atoms. The Morgan fingerprint density at radius 3 is 1.41 bits per heavy atom. The summed E-state index contributed by atoms with van der Waals surface area (Å²) in [7, 11) is 0. The van der Waals surface area contributed by atoms with Crippen molar-refractivity contribution in [2.24, 2.45) is 0 Å². The fourth-order valence-electron chi connectivity index (χ4n) is 7.95. The fourth-order valence-corrected chi connectivity index (χ4v) is 7.95. The monoisotopic (exact) mass is 658 g/mol. The Labute approximate surface area is 307 Å². The van der Waals surface area contributed by atoms with Crippen LogP contribution in [0.5, 0.6) is 0 Å². The molecule has 0 fully saturated rings. The van der Waals surface area contributed by atoms with Crippen LogP contribution in [0.25, 0.3) is 93.6 Å². The van der Waals surface area contributed by atoms with Gasteiger partial charge in [-0.25, -0.2) is 0 Å². The number of hydrogen-bond acceptors (Lipinski definition) is 0. The molecule has 0 N–H and O–H groups in total. The molecule has 0 atom stereocenters. The van der Waals surface area contributed by atoms with Crippen molar-refractivity contribution in [2.75, 3.05) is 0 Å².